The molecule has 0 radical (unpaired) electrons. The predicted octanol–water partition coefficient (Wildman–Crippen LogP) is 3.92. The first kappa shape index (κ1) is 13.2. The molecular formula is C14H14F2OS. The van der Waals surface area contributed by atoms with Crippen LogP contribution in [-0.4, -0.2) is 5.11 Å². The third-order valence-corrected chi connectivity index (χ3v) is 4.18. The van der Waals surface area contributed by atoms with Crippen molar-refractivity contribution in [2.24, 2.45) is 0 Å². The van der Waals surface area contributed by atoms with Gasteiger partial charge >= 0.3 is 0 Å². The molecule has 1 nitrogen and oxygen atoms in total. The SMILES string of the molecule is Cc1cc(C(O)Cc2ccc(F)c(F)c2)sc1C. The van der Waals surface area contributed by atoms with Gasteiger partial charge in [-0.2, -0.15) is 0 Å². The maximum atomic E-state index is 13.0. The molecule has 0 aliphatic rings. The molecule has 1 heterocycles. The third kappa shape index (κ3) is 2.76. The number of aliphatic hydroxyl groups is 1. The van der Waals surface area contributed by atoms with Crippen LogP contribution in [0.4, 0.5) is 8.78 Å². The maximum Gasteiger partial charge on any atom is 0.159 e. The van der Waals surface area contributed by atoms with Gasteiger partial charge in [0.25, 0.3) is 0 Å². The molecule has 0 aliphatic carbocycles. The molecule has 1 atom stereocenters. The number of thiophene rings is 1. The van der Waals surface area contributed by atoms with Gasteiger partial charge in [-0.3, -0.25) is 0 Å². The zero-order chi connectivity index (χ0) is 13.3. The van der Waals surface area contributed by atoms with Crippen LogP contribution in [0.25, 0.3) is 0 Å². The maximum absolute atomic E-state index is 13.0. The highest BCUT2D eigenvalue weighted by atomic mass is 32.1. The van der Waals surface area contributed by atoms with Gasteiger partial charge in [-0.1, -0.05) is 6.07 Å². The zero-order valence-corrected chi connectivity index (χ0v) is 11.0. The summed E-state index contributed by atoms with van der Waals surface area (Å²) in [4.78, 5) is 2.02. The van der Waals surface area contributed by atoms with Crippen LogP contribution in [0, 0.1) is 25.5 Å². The Kier molecular flexibility index (Phi) is 3.78. The van der Waals surface area contributed by atoms with Crippen LogP contribution in [0.2, 0.25) is 0 Å². The van der Waals surface area contributed by atoms with E-state index in [1.807, 2.05) is 19.9 Å². The lowest BCUT2D eigenvalue weighted by Crippen LogP contribution is -2.00. The van der Waals surface area contributed by atoms with Gasteiger partial charge in [0.1, 0.15) is 0 Å². The number of aliphatic hydroxyl groups excluding tert-OH is 1. The second-order valence-corrected chi connectivity index (χ2v) is 5.64. The van der Waals surface area contributed by atoms with Crippen LogP contribution >= 0.6 is 11.3 Å². The second-order valence-electron chi connectivity index (χ2n) is 4.36. The topological polar surface area (TPSA) is 20.2 Å². The lowest BCUT2D eigenvalue weighted by molar-refractivity contribution is 0.182. The summed E-state index contributed by atoms with van der Waals surface area (Å²) < 4.78 is 25.8. The lowest BCUT2D eigenvalue weighted by atomic mass is 10.1. The van der Waals surface area contributed by atoms with E-state index in [0.717, 1.165) is 27.5 Å². The quantitative estimate of drug-likeness (QED) is 0.894. The molecule has 0 spiro atoms. The van der Waals surface area contributed by atoms with Gasteiger partial charge in [0.05, 0.1) is 6.10 Å². The summed E-state index contributed by atoms with van der Waals surface area (Å²) >= 11 is 1.53. The molecule has 0 aliphatic heterocycles. The second kappa shape index (κ2) is 5.16. The van der Waals surface area contributed by atoms with E-state index in [4.69, 9.17) is 0 Å². The molecule has 1 aromatic carbocycles. The Balaban J connectivity index is 2.15. The monoisotopic (exact) mass is 268 g/mol. The molecule has 0 fully saturated rings. The van der Waals surface area contributed by atoms with Crippen LogP contribution < -0.4 is 0 Å². The average molecular weight is 268 g/mol. The molecule has 2 aromatic rings. The Bertz CT molecular complexity index is 543. The molecule has 18 heavy (non-hydrogen) atoms. The number of hydrogen-bond acceptors (Lipinski definition) is 2. The molecule has 1 aromatic heterocycles. The lowest BCUT2D eigenvalue weighted by Gasteiger charge is -2.08. The van der Waals surface area contributed by atoms with Gasteiger partial charge in [0, 0.05) is 16.2 Å². The minimum atomic E-state index is -0.877. The Labute approximate surface area is 109 Å². The van der Waals surface area contributed by atoms with Crippen molar-refractivity contribution in [2.75, 3.05) is 0 Å². The summed E-state index contributed by atoms with van der Waals surface area (Å²) in [6, 6.07) is 5.65. The number of halogens is 2. The van der Waals surface area contributed by atoms with Gasteiger partial charge in [-0.05, 0) is 43.2 Å². The average Bonchev–Trinajstić information content (AvgIpc) is 2.65. The van der Waals surface area contributed by atoms with Crippen LogP contribution in [0.1, 0.15) is 27.0 Å². The highest BCUT2D eigenvalue weighted by molar-refractivity contribution is 7.12. The van der Waals surface area contributed by atoms with E-state index in [0.29, 0.717) is 5.56 Å². The molecule has 0 bridgehead atoms. The van der Waals surface area contributed by atoms with Gasteiger partial charge in [-0.25, -0.2) is 8.78 Å². The number of rotatable bonds is 3. The van der Waals surface area contributed by atoms with E-state index in [2.05, 4.69) is 0 Å². The Morgan fingerprint density at radius 2 is 1.89 bits per heavy atom. The minimum absolute atomic E-state index is 0.288. The van der Waals surface area contributed by atoms with Crippen molar-refractivity contribution in [1.82, 2.24) is 0 Å². The van der Waals surface area contributed by atoms with Gasteiger partial charge in [-0.15, -0.1) is 11.3 Å². The van der Waals surface area contributed by atoms with E-state index in [9.17, 15) is 13.9 Å². The highest BCUT2D eigenvalue weighted by Gasteiger charge is 2.13. The van der Waals surface area contributed by atoms with Crippen LogP contribution in [0.3, 0.4) is 0 Å². The molecule has 1 unspecified atom stereocenters. The van der Waals surface area contributed by atoms with Crippen molar-refractivity contribution in [3.05, 3.63) is 56.8 Å². The summed E-state index contributed by atoms with van der Waals surface area (Å²) in [5.41, 5.74) is 1.73. The van der Waals surface area contributed by atoms with E-state index >= 15 is 0 Å². The highest BCUT2D eigenvalue weighted by Crippen LogP contribution is 2.28. The Morgan fingerprint density at radius 3 is 2.44 bits per heavy atom. The summed E-state index contributed by atoms with van der Waals surface area (Å²) in [7, 11) is 0. The normalized spacial score (nSPS) is 12.7. The fraction of sp³-hybridized carbons (Fsp3) is 0.286. The van der Waals surface area contributed by atoms with Gasteiger partial charge in [0.2, 0.25) is 0 Å². The molecular weight excluding hydrogens is 254 g/mol. The van der Waals surface area contributed by atoms with E-state index in [1.165, 1.54) is 17.4 Å². The van der Waals surface area contributed by atoms with Crippen LogP contribution in [0.15, 0.2) is 24.3 Å². The molecule has 96 valence electrons. The summed E-state index contributed by atoms with van der Waals surface area (Å²) in [5, 5.41) is 10.1. The first-order valence-electron chi connectivity index (χ1n) is 5.66. The standard InChI is InChI=1S/C14H14F2OS/c1-8-5-14(18-9(8)2)13(17)7-10-3-4-11(15)12(16)6-10/h3-6,13,17H,7H2,1-2H3. The fourth-order valence-corrected chi connectivity index (χ4v) is 2.78. The number of aryl methyl sites for hydroxylation is 2. The smallest absolute Gasteiger partial charge is 0.159 e. The largest absolute Gasteiger partial charge is 0.387 e. The van der Waals surface area contributed by atoms with Crippen molar-refractivity contribution in [3.63, 3.8) is 0 Å². The van der Waals surface area contributed by atoms with E-state index < -0.39 is 17.7 Å². The van der Waals surface area contributed by atoms with E-state index in [-0.39, 0.29) is 6.42 Å². The van der Waals surface area contributed by atoms with Crippen LogP contribution in [-0.2, 0) is 6.42 Å². The van der Waals surface area contributed by atoms with E-state index in [1.54, 1.807) is 0 Å². The van der Waals surface area contributed by atoms with Crippen molar-refractivity contribution >= 4 is 11.3 Å². The summed E-state index contributed by atoms with van der Waals surface area (Å²) in [5.74, 6) is -1.74. The number of benzene rings is 1. The minimum Gasteiger partial charge on any atom is -0.387 e. The van der Waals surface area contributed by atoms with Crippen molar-refractivity contribution in [2.45, 2.75) is 26.4 Å². The Hall–Kier alpha value is -1.26. The molecule has 4 heteroatoms. The summed E-state index contributed by atoms with van der Waals surface area (Å²) in [6.45, 7) is 3.98. The molecule has 1 N–H and O–H groups in total. The molecule has 0 saturated heterocycles. The molecule has 0 saturated carbocycles. The van der Waals surface area contributed by atoms with Crippen molar-refractivity contribution in [3.8, 4) is 0 Å². The first-order chi connectivity index (χ1) is 8.47. The number of hydrogen-bond donors (Lipinski definition) is 1. The van der Waals surface area contributed by atoms with Crippen molar-refractivity contribution < 1.29 is 13.9 Å². The van der Waals surface area contributed by atoms with Gasteiger partial charge in [0.15, 0.2) is 11.6 Å². The zero-order valence-electron chi connectivity index (χ0n) is 10.2. The fourth-order valence-electron chi connectivity index (χ4n) is 1.76. The first-order valence-corrected chi connectivity index (χ1v) is 6.48. The Morgan fingerprint density at radius 1 is 1.17 bits per heavy atom. The molecule has 0 amide bonds. The van der Waals surface area contributed by atoms with Crippen LogP contribution in [0.5, 0.6) is 0 Å². The summed E-state index contributed by atoms with van der Waals surface area (Å²) in [6.07, 6.45) is -0.386. The van der Waals surface area contributed by atoms with Gasteiger partial charge < -0.3 is 5.11 Å². The third-order valence-electron chi connectivity index (χ3n) is 2.93. The van der Waals surface area contributed by atoms with Crippen molar-refractivity contribution in [1.29, 1.82) is 0 Å². The predicted molar refractivity (Wildman–Crippen MR) is 68.8 cm³/mol. The molecule has 2 rings (SSSR count).